The number of nitrogens with zero attached hydrogens (tertiary/aromatic N) is 1. The molecule has 0 saturated carbocycles. The molecule has 6 amide bonds. The van der Waals surface area contributed by atoms with Crippen LogP contribution >= 0.6 is 0 Å². The molecule has 0 aromatic carbocycles. The first kappa shape index (κ1) is 8.18. The standard InChI is InChI=1S/C5H5N3O4/c6-4(11)8-3(10)1-2(9)7-5(8)12/h1H2,(H2,6,11)(H,7,9,12). The van der Waals surface area contributed by atoms with Crippen molar-refractivity contribution in [1.82, 2.24) is 10.2 Å². The maximum atomic E-state index is 10.8. The Morgan fingerprint density at radius 1 is 1.42 bits per heavy atom. The molecule has 1 fully saturated rings. The lowest BCUT2D eigenvalue weighted by molar-refractivity contribution is -0.134. The van der Waals surface area contributed by atoms with Gasteiger partial charge in [0, 0.05) is 0 Å². The van der Waals surface area contributed by atoms with Crippen molar-refractivity contribution in [3.8, 4) is 0 Å². The number of nitrogens with one attached hydrogen (secondary N) is 1. The molecule has 0 aliphatic carbocycles. The van der Waals surface area contributed by atoms with E-state index in [0.29, 0.717) is 0 Å². The van der Waals surface area contributed by atoms with Crippen molar-refractivity contribution in [2.24, 2.45) is 5.73 Å². The van der Waals surface area contributed by atoms with Gasteiger partial charge in [0.05, 0.1) is 0 Å². The highest BCUT2D eigenvalue weighted by atomic mass is 16.2. The Kier molecular flexibility index (Phi) is 1.78. The van der Waals surface area contributed by atoms with Crippen molar-refractivity contribution in [3.05, 3.63) is 0 Å². The predicted octanol–water partition coefficient (Wildman–Crippen LogP) is -1.47. The van der Waals surface area contributed by atoms with E-state index in [1.54, 1.807) is 5.32 Å². The fraction of sp³-hybridized carbons (Fsp3) is 0.200. The zero-order chi connectivity index (χ0) is 9.30. The van der Waals surface area contributed by atoms with Gasteiger partial charge in [0.15, 0.2) is 0 Å². The number of hydrogen-bond donors (Lipinski definition) is 2. The number of amides is 6. The number of carbonyl (C=O) groups excluding carboxylic acids is 4. The Morgan fingerprint density at radius 2 is 2.00 bits per heavy atom. The van der Waals surface area contributed by atoms with Gasteiger partial charge in [0.1, 0.15) is 6.42 Å². The summed E-state index contributed by atoms with van der Waals surface area (Å²) >= 11 is 0. The monoisotopic (exact) mass is 171 g/mol. The Bertz CT molecular complexity index is 264. The number of rotatable bonds is 0. The molecule has 7 heteroatoms. The van der Waals surface area contributed by atoms with Gasteiger partial charge in [0.2, 0.25) is 11.8 Å². The van der Waals surface area contributed by atoms with E-state index in [2.05, 4.69) is 5.73 Å². The summed E-state index contributed by atoms with van der Waals surface area (Å²) in [4.78, 5) is 42.7. The summed E-state index contributed by atoms with van der Waals surface area (Å²) in [5, 5.41) is 1.77. The molecule has 1 rings (SSSR count). The number of nitrogens with two attached hydrogens (primary N) is 1. The molecule has 0 aromatic heterocycles. The lowest BCUT2D eigenvalue weighted by atomic mass is 10.3. The highest BCUT2D eigenvalue weighted by Gasteiger charge is 2.34. The van der Waals surface area contributed by atoms with Crippen molar-refractivity contribution in [2.45, 2.75) is 6.42 Å². The second kappa shape index (κ2) is 2.61. The second-order valence-corrected chi connectivity index (χ2v) is 2.10. The lowest BCUT2D eigenvalue weighted by Crippen LogP contribution is -2.56. The smallest absolute Gasteiger partial charge is 0.339 e. The highest BCUT2D eigenvalue weighted by Crippen LogP contribution is 2.01. The fourth-order valence-corrected chi connectivity index (χ4v) is 0.772. The van der Waals surface area contributed by atoms with Gasteiger partial charge in [-0.05, 0) is 0 Å². The zero-order valence-electron chi connectivity index (χ0n) is 5.86. The Morgan fingerprint density at radius 3 is 2.42 bits per heavy atom. The SMILES string of the molecule is NC(=O)N1C(=O)CC(=O)NC1=O. The fourth-order valence-electron chi connectivity index (χ4n) is 0.772. The number of imide groups is 4. The largest absolute Gasteiger partial charge is 0.351 e. The van der Waals surface area contributed by atoms with Crippen LogP contribution in [0.25, 0.3) is 0 Å². The first-order chi connectivity index (χ1) is 5.52. The summed E-state index contributed by atoms with van der Waals surface area (Å²) in [6.45, 7) is 0. The van der Waals surface area contributed by atoms with E-state index in [1.165, 1.54) is 0 Å². The van der Waals surface area contributed by atoms with E-state index in [1.807, 2.05) is 0 Å². The Balaban J connectivity index is 2.88. The molecule has 0 aromatic rings. The minimum atomic E-state index is -1.19. The molecule has 0 radical (unpaired) electrons. The lowest BCUT2D eigenvalue weighted by Gasteiger charge is -2.20. The van der Waals surface area contributed by atoms with Gasteiger partial charge in [-0.25, -0.2) is 9.59 Å². The Labute approximate surface area is 66.5 Å². The number of primary amides is 1. The van der Waals surface area contributed by atoms with E-state index >= 15 is 0 Å². The summed E-state index contributed by atoms with van der Waals surface area (Å²) in [5.74, 6) is -1.64. The second-order valence-electron chi connectivity index (χ2n) is 2.10. The molecule has 0 atom stereocenters. The first-order valence-corrected chi connectivity index (χ1v) is 2.98. The zero-order valence-corrected chi connectivity index (χ0v) is 5.86. The van der Waals surface area contributed by atoms with Crippen LogP contribution in [-0.2, 0) is 9.59 Å². The Hall–Kier alpha value is -1.92. The molecule has 0 unspecified atom stereocenters. The number of urea groups is 2. The topological polar surface area (TPSA) is 110 Å². The van der Waals surface area contributed by atoms with Gasteiger partial charge in [-0.1, -0.05) is 0 Å². The van der Waals surface area contributed by atoms with E-state index in [-0.39, 0.29) is 4.90 Å². The molecule has 1 aliphatic heterocycles. The minimum absolute atomic E-state index is 0.182. The minimum Gasteiger partial charge on any atom is -0.351 e. The molecular weight excluding hydrogens is 166 g/mol. The average molecular weight is 171 g/mol. The van der Waals surface area contributed by atoms with E-state index in [9.17, 15) is 19.2 Å². The van der Waals surface area contributed by atoms with Gasteiger partial charge in [0.25, 0.3) is 0 Å². The van der Waals surface area contributed by atoms with Crippen molar-refractivity contribution < 1.29 is 19.2 Å². The third-order valence-corrected chi connectivity index (χ3v) is 1.23. The first-order valence-electron chi connectivity index (χ1n) is 2.98. The maximum Gasteiger partial charge on any atom is 0.339 e. The maximum absolute atomic E-state index is 10.8. The van der Waals surface area contributed by atoms with Crippen LogP contribution in [0.3, 0.4) is 0 Å². The van der Waals surface area contributed by atoms with Crippen molar-refractivity contribution in [1.29, 1.82) is 0 Å². The van der Waals surface area contributed by atoms with Crippen LogP contribution in [0.1, 0.15) is 6.42 Å². The van der Waals surface area contributed by atoms with Crippen molar-refractivity contribution in [2.75, 3.05) is 0 Å². The molecule has 0 spiro atoms. The summed E-state index contributed by atoms with van der Waals surface area (Å²) in [6, 6.07) is -2.28. The molecule has 0 bridgehead atoms. The van der Waals surface area contributed by atoms with Crippen LogP contribution in [0.4, 0.5) is 9.59 Å². The quantitative estimate of drug-likeness (QED) is 0.433. The van der Waals surface area contributed by atoms with Gasteiger partial charge >= 0.3 is 12.1 Å². The molecule has 1 heterocycles. The van der Waals surface area contributed by atoms with Crippen LogP contribution in [0.5, 0.6) is 0 Å². The number of hydrogen-bond acceptors (Lipinski definition) is 4. The van der Waals surface area contributed by atoms with E-state index in [0.717, 1.165) is 0 Å². The van der Waals surface area contributed by atoms with Gasteiger partial charge in [-0.15, -0.1) is 0 Å². The summed E-state index contributed by atoms with van der Waals surface area (Å²) < 4.78 is 0. The third kappa shape index (κ3) is 1.24. The molecule has 7 nitrogen and oxygen atoms in total. The van der Waals surface area contributed by atoms with Crippen LogP contribution in [-0.4, -0.2) is 28.8 Å². The van der Waals surface area contributed by atoms with Gasteiger partial charge in [-0.2, -0.15) is 4.90 Å². The van der Waals surface area contributed by atoms with E-state index < -0.39 is 30.3 Å². The highest BCUT2D eigenvalue weighted by molar-refractivity contribution is 6.21. The normalized spacial score (nSPS) is 17.7. The molecule has 3 N–H and O–H groups in total. The van der Waals surface area contributed by atoms with Crippen LogP contribution in [0, 0.1) is 0 Å². The molecular formula is C5H5N3O4. The summed E-state index contributed by atoms with van der Waals surface area (Å²) in [5.41, 5.74) is 4.69. The molecule has 64 valence electrons. The predicted molar refractivity (Wildman–Crippen MR) is 34.6 cm³/mol. The third-order valence-electron chi connectivity index (χ3n) is 1.23. The van der Waals surface area contributed by atoms with Crippen molar-refractivity contribution >= 4 is 23.9 Å². The van der Waals surface area contributed by atoms with E-state index in [4.69, 9.17) is 0 Å². The van der Waals surface area contributed by atoms with Gasteiger partial charge in [-0.3, -0.25) is 14.9 Å². The molecule has 12 heavy (non-hydrogen) atoms. The van der Waals surface area contributed by atoms with Gasteiger partial charge < -0.3 is 5.73 Å². The average Bonchev–Trinajstić information content (AvgIpc) is 1.82. The summed E-state index contributed by atoms with van der Waals surface area (Å²) in [6.07, 6.45) is -0.533. The van der Waals surface area contributed by atoms with Crippen molar-refractivity contribution in [3.63, 3.8) is 0 Å². The molecule has 1 aliphatic rings. The molecule has 1 saturated heterocycles. The van der Waals surface area contributed by atoms with Crippen LogP contribution in [0.15, 0.2) is 0 Å². The summed E-state index contributed by atoms with van der Waals surface area (Å²) in [7, 11) is 0. The number of barbiturate groups is 1. The number of carbonyl (C=O) groups is 4. The van der Waals surface area contributed by atoms with Crippen LogP contribution in [0.2, 0.25) is 0 Å². The van der Waals surface area contributed by atoms with Crippen LogP contribution < -0.4 is 11.1 Å².